The second-order valence-corrected chi connectivity index (χ2v) is 4.56. The standard InChI is InChI=1S/C14H13FO2/c1-9-3-5-11-12(7-9)17-14(15)8-10(2)4-6-13(14)16-11/h3,5-8H,4H2,1-2H3. The van der Waals surface area contributed by atoms with Gasteiger partial charge in [-0.2, -0.15) is 4.39 Å². The molecule has 88 valence electrons. The Hall–Kier alpha value is -1.77. The van der Waals surface area contributed by atoms with Gasteiger partial charge in [-0.05, 0) is 50.1 Å². The summed E-state index contributed by atoms with van der Waals surface area (Å²) in [4.78, 5) is 0. The Morgan fingerprint density at radius 1 is 1.24 bits per heavy atom. The summed E-state index contributed by atoms with van der Waals surface area (Å²) in [6.07, 6.45) is 3.91. The molecule has 1 aromatic carbocycles. The molecule has 1 aliphatic carbocycles. The van der Waals surface area contributed by atoms with Gasteiger partial charge in [0.25, 0.3) is 0 Å². The lowest BCUT2D eigenvalue weighted by Crippen LogP contribution is -2.38. The summed E-state index contributed by atoms with van der Waals surface area (Å²) in [6.45, 7) is 3.81. The molecule has 2 nitrogen and oxygen atoms in total. The first-order valence-electron chi connectivity index (χ1n) is 5.62. The summed E-state index contributed by atoms with van der Waals surface area (Å²) >= 11 is 0. The normalized spacial score (nSPS) is 25.8. The minimum atomic E-state index is -1.94. The lowest BCUT2D eigenvalue weighted by molar-refractivity contribution is -0.0317. The van der Waals surface area contributed by atoms with E-state index in [0.29, 0.717) is 17.9 Å². The topological polar surface area (TPSA) is 18.5 Å². The van der Waals surface area contributed by atoms with E-state index >= 15 is 0 Å². The summed E-state index contributed by atoms with van der Waals surface area (Å²) in [6, 6.07) is 5.50. The van der Waals surface area contributed by atoms with Gasteiger partial charge in [-0.15, -0.1) is 0 Å². The monoisotopic (exact) mass is 232 g/mol. The van der Waals surface area contributed by atoms with Gasteiger partial charge >= 0.3 is 5.85 Å². The molecule has 1 atom stereocenters. The number of halogens is 1. The molecular formula is C14H13FO2. The van der Waals surface area contributed by atoms with Crippen molar-refractivity contribution < 1.29 is 13.9 Å². The highest BCUT2D eigenvalue weighted by Gasteiger charge is 2.43. The molecule has 1 aliphatic heterocycles. The molecule has 0 N–H and O–H groups in total. The van der Waals surface area contributed by atoms with Crippen LogP contribution in [0, 0.1) is 6.92 Å². The quantitative estimate of drug-likeness (QED) is 0.635. The Balaban J connectivity index is 2.08. The van der Waals surface area contributed by atoms with Crippen molar-refractivity contribution in [1.29, 1.82) is 0 Å². The number of fused-ring (bicyclic) bond motifs is 2. The zero-order chi connectivity index (χ0) is 12.0. The van der Waals surface area contributed by atoms with Crippen LogP contribution in [0.5, 0.6) is 11.5 Å². The number of alkyl halides is 1. The van der Waals surface area contributed by atoms with E-state index in [1.807, 2.05) is 19.9 Å². The summed E-state index contributed by atoms with van der Waals surface area (Å²) in [5, 5.41) is 0. The molecule has 0 saturated carbocycles. The number of ether oxygens (including phenoxy) is 2. The van der Waals surface area contributed by atoms with E-state index < -0.39 is 5.85 Å². The zero-order valence-electron chi connectivity index (χ0n) is 9.79. The maximum absolute atomic E-state index is 14.6. The average molecular weight is 232 g/mol. The Labute approximate surface area is 99.4 Å². The highest BCUT2D eigenvalue weighted by atomic mass is 19.2. The van der Waals surface area contributed by atoms with E-state index in [0.717, 1.165) is 11.1 Å². The van der Waals surface area contributed by atoms with E-state index in [9.17, 15) is 4.39 Å². The number of hydrogen-bond donors (Lipinski definition) is 0. The molecule has 1 unspecified atom stereocenters. The van der Waals surface area contributed by atoms with Gasteiger partial charge in [-0.1, -0.05) is 11.6 Å². The second-order valence-electron chi connectivity index (χ2n) is 4.56. The van der Waals surface area contributed by atoms with Crippen molar-refractivity contribution in [3.05, 3.63) is 47.2 Å². The number of allylic oxidation sites excluding steroid dienone is 2. The molecule has 0 spiro atoms. The van der Waals surface area contributed by atoms with Crippen LogP contribution in [0.3, 0.4) is 0 Å². The molecule has 1 heterocycles. The molecule has 0 amide bonds. The van der Waals surface area contributed by atoms with E-state index in [2.05, 4.69) is 0 Å². The first-order chi connectivity index (χ1) is 8.07. The number of aryl methyl sites for hydroxylation is 1. The number of hydrogen-bond acceptors (Lipinski definition) is 2. The van der Waals surface area contributed by atoms with Crippen molar-refractivity contribution >= 4 is 0 Å². The zero-order valence-corrected chi connectivity index (χ0v) is 9.79. The van der Waals surface area contributed by atoms with Crippen molar-refractivity contribution in [3.8, 4) is 11.5 Å². The highest BCUT2D eigenvalue weighted by molar-refractivity contribution is 5.48. The summed E-state index contributed by atoms with van der Waals surface area (Å²) in [5.41, 5.74) is 1.95. The molecule has 0 aromatic heterocycles. The predicted octanol–water partition coefficient (Wildman–Crippen LogP) is 3.67. The Morgan fingerprint density at radius 2 is 2.06 bits per heavy atom. The summed E-state index contributed by atoms with van der Waals surface area (Å²) in [7, 11) is 0. The molecule has 0 saturated heterocycles. The summed E-state index contributed by atoms with van der Waals surface area (Å²) < 4.78 is 25.6. The third-order valence-corrected chi connectivity index (χ3v) is 2.96. The van der Waals surface area contributed by atoms with Crippen molar-refractivity contribution in [2.24, 2.45) is 0 Å². The van der Waals surface area contributed by atoms with Crippen LogP contribution < -0.4 is 9.47 Å². The maximum Gasteiger partial charge on any atom is 0.326 e. The molecule has 0 radical (unpaired) electrons. The van der Waals surface area contributed by atoms with Crippen molar-refractivity contribution in [2.45, 2.75) is 26.1 Å². The van der Waals surface area contributed by atoms with Crippen LogP contribution in [0.25, 0.3) is 0 Å². The van der Waals surface area contributed by atoms with Crippen LogP contribution in [0.2, 0.25) is 0 Å². The molecule has 2 aliphatic rings. The molecular weight excluding hydrogens is 219 g/mol. The van der Waals surface area contributed by atoms with Gasteiger partial charge < -0.3 is 9.47 Å². The highest BCUT2D eigenvalue weighted by Crippen LogP contribution is 2.44. The molecule has 0 bridgehead atoms. The third-order valence-electron chi connectivity index (χ3n) is 2.96. The second kappa shape index (κ2) is 3.36. The lowest BCUT2D eigenvalue weighted by atomic mass is 10.0. The van der Waals surface area contributed by atoms with Crippen LogP contribution in [0.15, 0.2) is 41.7 Å². The average Bonchev–Trinajstić information content (AvgIpc) is 2.25. The minimum Gasteiger partial charge on any atom is -0.450 e. The number of benzene rings is 1. The predicted molar refractivity (Wildman–Crippen MR) is 62.7 cm³/mol. The van der Waals surface area contributed by atoms with Gasteiger partial charge in [0.1, 0.15) is 0 Å². The fourth-order valence-corrected chi connectivity index (χ4v) is 2.09. The smallest absolute Gasteiger partial charge is 0.326 e. The van der Waals surface area contributed by atoms with E-state index in [1.54, 1.807) is 18.2 Å². The van der Waals surface area contributed by atoms with Crippen molar-refractivity contribution in [2.75, 3.05) is 0 Å². The van der Waals surface area contributed by atoms with Gasteiger partial charge in [-0.25, -0.2) is 0 Å². The van der Waals surface area contributed by atoms with Crippen molar-refractivity contribution in [3.63, 3.8) is 0 Å². The minimum absolute atomic E-state index is 0.236. The van der Waals surface area contributed by atoms with Crippen LogP contribution in [0.4, 0.5) is 4.39 Å². The SMILES string of the molecule is CC1=CC2(F)Oc3cc(C)ccc3OC2=CC1. The van der Waals surface area contributed by atoms with E-state index in [-0.39, 0.29) is 5.76 Å². The van der Waals surface area contributed by atoms with E-state index in [1.165, 1.54) is 6.08 Å². The van der Waals surface area contributed by atoms with Gasteiger partial charge in [0, 0.05) is 0 Å². The fraction of sp³-hybridized carbons (Fsp3) is 0.286. The lowest BCUT2D eigenvalue weighted by Gasteiger charge is -2.34. The van der Waals surface area contributed by atoms with Crippen LogP contribution in [-0.4, -0.2) is 5.85 Å². The molecule has 3 heteroatoms. The van der Waals surface area contributed by atoms with Gasteiger partial charge in [-0.3, -0.25) is 0 Å². The Morgan fingerprint density at radius 3 is 2.88 bits per heavy atom. The van der Waals surface area contributed by atoms with Crippen LogP contribution >= 0.6 is 0 Å². The van der Waals surface area contributed by atoms with Crippen LogP contribution in [0.1, 0.15) is 18.9 Å². The molecule has 0 fully saturated rings. The molecule has 3 rings (SSSR count). The molecule has 1 aromatic rings. The number of rotatable bonds is 0. The van der Waals surface area contributed by atoms with Crippen LogP contribution in [-0.2, 0) is 0 Å². The van der Waals surface area contributed by atoms with Gasteiger partial charge in [0.05, 0.1) is 0 Å². The summed E-state index contributed by atoms with van der Waals surface area (Å²) in [5.74, 6) is -0.679. The first kappa shape index (κ1) is 10.4. The van der Waals surface area contributed by atoms with Gasteiger partial charge in [0.15, 0.2) is 17.3 Å². The maximum atomic E-state index is 14.6. The third kappa shape index (κ3) is 1.62. The van der Waals surface area contributed by atoms with Crippen molar-refractivity contribution in [1.82, 2.24) is 0 Å². The Kier molecular flexibility index (Phi) is 2.05. The molecule has 17 heavy (non-hydrogen) atoms. The fourth-order valence-electron chi connectivity index (χ4n) is 2.09. The van der Waals surface area contributed by atoms with E-state index in [4.69, 9.17) is 9.47 Å². The Bertz CT molecular complexity index is 545. The largest absolute Gasteiger partial charge is 0.450 e. The van der Waals surface area contributed by atoms with Gasteiger partial charge in [0.2, 0.25) is 0 Å². The first-order valence-corrected chi connectivity index (χ1v) is 5.62.